The van der Waals surface area contributed by atoms with Gasteiger partial charge >= 0.3 is 0 Å². The maximum Gasteiger partial charge on any atom is 0.253 e. The maximum atomic E-state index is 12.8. The molecule has 1 saturated heterocycles. The molecule has 1 aliphatic carbocycles. The second-order valence-electron chi connectivity index (χ2n) is 7.05. The topological polar surface area (TPSA) is 36.4 Å². The molecule has 0 atom stereocenters. The zero-order valence-corrected chi connectivity index (χ0v) is 15.4. The highest BCUT2D eigenvalue weighted by Gasteiger charge is 2.23. The molecule has 1 amide bonds. The minimum atomic E-state index is 0.161. The van der Waals surface area contributed by atoms with Crippen LogP contribution in [-0.2, 0) is 0 Å². The molecule has 0 bridgehead atoms. The molecule has 2 aromatic rings. The first-order valence-corrected chi connectivity index (χ1v) is 10.2. The number of carbonyl (C=O) groups is 1. The summed E-state index contributed by atoms with van der Waals surface area (Å²) in [6.45, 7) is 3.25. The Hall–Kier alpha value is -1.88. The molecule has 2 heterocycles. The molecule has 1 saturated carbocycles. The maximum absolute atomic E-state index is 12.8. The lowest BCUT2D eigenvalue weighted by molar-refractivity contribution is 0.0746. The van der Waals surface area contributed by atoms with Gasteiger partial charge in [-0.15, -0.1) is 11.3 Å². The number of benzene rings is 1. The standard InChI is InChI=1S/C20H25N3OS/c24-19(22-11-13-23(14-12-22)20-21-10-15-25-20)18-8-6-17(7-9-18)16-4-2-1-3-5-16/h6-10,15-16H,1-5,11-14H2. The van der Waals surface area contributed by atoms with Gasteiger partial charge in [-0.2, -0.15) is 0 Å². The van der Waals surface area contributed by atoms with E-state index in [1.165, 1.54) is 37.7 Å². The largest absolute Gasteiger partial charge is 0.345 e. The monoisotopic (exact) mass is 355 g/mol. The van der Waals surface area contributed by atoms with Gasteiger partial charge in [0.05, 0.1) is 0 Å². The molecule has 1 aromatic carbocycles. The number of anilines is 1. The van der Waals surface area contributed by atoms with Crippen LogP contribution >= 0.6 is 11.3 Å². The van der Waals surface area contributed by atoms with Gasteiger partial charge in [0.1, 0.15) is 0 Å². The van der Waals surface area contributed by atoms with Crippen molar-refractivity contribution in [1.29, 1.82) is 0 Å². The Morgan fingerprint density at radius 3 is 2.36 bits per heavy atom. The molecule has 5 heteroatoms. The summed E-state index contributed by atoms with van der Waals surface area (Å²) in [5.41, 5.74) is 2.23. The van der Waals surface area contributed by atoms with Crippen molar-refractivity contribution in [2.45, 2.75) is 38.0 Å². The van der Waals surface area contributed by atoms with Gasteiger partial charge < -0.3 is 9.80 Å². The van der Waals surface area contributed by atoms with Crippen LogP contribution in [0.3, 0.4) is 0 Å². The Bertz CT molecular complexity index is 684. The lowest BCUT2D eigenvalue weighted by Gasteiger charge is -2.34. The Labute approximate surface area is 153 Å². The van der Waals surface area contributed by atoms with Gasteiger partial charge in [0.2, 0.25) is 0 Å². The first kappa shape index (κ1) is 16.6. The van der Waals surface area contributed by atoms with E-state index in [1.54, 1.807) is 11.3 Å². The first-order chi connectivity index (χ1) is 12.3. The van der Waals surface area contributed by atoms with Crippen molar-refractivity contribution in [3.8, 4) is 0 Å². The lowest BCUT2D eigenvalue weighted by atomic mass is 9.84. The predicted octanol–water partition coefficient (Wildman–Crippen LogP) is 4.15. The van der Waals surface area contributed by atoms with E-state index in [4.69, 9.17) is 0 Å². The summed E-state index contributed by atoms with van der Waals surface area (Å²) in [4.78, 5) is 21.4. The Balaban J connectivity index is 1.36. The zero-order valence-electron chi connectivity index (χ0n) is 14.6. The van der Waals surface area contributed by atoms with Crippen LogP contribution in [-0.4, -0.2) is 42.0 Å². The average molecular weight is 356 g/mol. The van der Waals surface area contributed by atoms with Gasteiger partial charge in [0, 0.05) is 43.3 Å². The van der Waals surface area contributed by atoms with Crippen molar-refractivity contribution in [2.24, 2.45) is 0 Å². The fraction of sp³-hybridized carbons (Fsp3) is 0.500. The highest BCUT2D eigenvalue weighted by Crippen LogP contribution is 2.32. The molecule has 0 radical (unpaired) electrons. The highest BCUT2D eigenvalue weighted by molar-refractivity contribution is 7.13. The van der Waals surface area contributed by atoms with E-state index >= 15 is 0 Å². The van der Waals surface area contributed by atoms with Gasteiger partial charge in [0.25, 0.3) is 5.91 Å². The molecule has 1 aromatic heterocycles. The first-order valence-electron chi connectivity index (χ1n) is 9.35. The smallest absolute Gasteiger partial charge is 0.253 e. The van der Waals surface area contributed by atoms with Crippen LogP contribution in [0.5, 0.6) is 0 Å². The van der Waals surface area contributed by atoms with E-state index in [9.17, 15) is 4.79 Å². The Kier molecular flexibility index (Phi) is 5.02. The number of carbonyl (C=O) groups excluding carboxylic acids is 1. The quantitative estimate of drug-likeness (QED) is 0.830. The van der Waals surface area contributed by atoms with Crippen molar-refractivity contribution in [3.63, 3.8) is 0 Å². The lowest BCUT2D eigenvalue weighted by Crippen LogP contribution is -2.48. The van der Waals surface area contributed by atoms with Crippen molar-refractivity contribution in [1.82, 2.24) is 9.88 Å². The summed E-state index contributed by atoms with van der Waals surface area (Å²) in [6, 6.07) is 8.41. The van der Waals surface area contributed by atoms with E-state index in [0.29, 0.717) is 5.92 Å². The van der Waals surface area contributed by atoms with Crippen LogP contribution in [0.1, 0.15) is 53.9 Å². The number of hydrogen-bond donors (Lipinski definition) is 0. The van der Waals surface area contributed by atoms with Gasteiger partial charge in [-0.05, 0) is 36.5 Å². The minimum Gasteiger partial charge on any atom is -0.345 e. The van der Waals surface area contributed by atoms with Crippen molar-refractivity contribution < 1.29 is 4.79 Å². The Morgan fingerprint density at radius 1 is 1.00 bits per heavy atom. The van der Waals surface area contributed by atoms with Crippen LogP contribution in [0, 0.1) is 0 Å². The second kappa shape index (κ2) is 7.56. The van der Waals surface area contributed by atoms with Crippen LogP contribution < -0.4 is 4.90 Å². The molecule has 1 aliphatic heterocycles. The number of piperazine rings is 1. The average Bonchev–Trinajstić information content (AvgIpc) is 3.23. The van der Waals surface area contributed by atoms with Gasteiger partial charge in [0.15, 0.2) is 5.13 Å². The minimum absolute atomic E-state index is 0.161. The highest BCUT2D eigenvalue weighted by atomic mass is 32.1. The van der Waals surface area contributed by atoms with Gasteiger partial charge in [-0.25, -0.2) is 4.98 Å². The number of hydrogen-bond acceptors (Lipinski definition) is 4. The fourth-order valence-electron chi connectivity index (χ4n) is 3.99. The third-order valence-electron chi connectivity index (χ3n) is 5.49. The third kappa shape index (κ3) is 3.71. The number of nitrogens with zero attached hydrogens (tertiary/aromatic N) is 3. The number of rotatable bonds is 3. The van der Waals surface area contributed by atoms with Crippen LogP contribution in [0.25, 0.3) is 0 Å². The number of amides is 1. The molecule has 2 aliphatic rings. The van der Waals surface area contributed by atoms with Gasteiger partial charge in [-0.3, -0.25) is 4.79 Å². The number of aromatic nitrogens is 1. The Morgan fingerprint density at radius 2 is 1.72 bits per heavy atom. The van der Waals surface area contributed by atoms with E-state index in [0.717, 1.165) is 36.9 Å². The SMILES string of the molecule is O=C(c1ccc(C2CCCCC2)cc1)N1CCN(c2nccs2)CC1. The summed E-state index contributed by atoms with van der Waals surface area (Å²) in [6.07, 6.45) is 8.49. The summed E-state index contributed by atoms with van der Waals surface area (Å²) in [5.74, 6) is 0.855. The van der Waals surface area contributed by atoms with Crippen molar-refractivity contribution in [3.05, 3.63) is 47.0 Å². The second-order valence-corrected chi connectivity index (χ2v) is 7.92. The molecular formula is C20H25N3OS. The summed E-state index contributed by atoms with van der Waals surface area (Å²) < 4.78 is 0. The van der Waals surface area contributed by atoms with Crippen LogP contribution in [0.15, 0.2) is 35.8 Å². The van der Waals surface area contributed by atoms with Crippen molar-refractivity contribution >= 4 is 22.4 Å². The van der Waals surface area contributed by atoms with Crippen molar-refractivity contribution in [2.75, 3.05) is 31.1 Å². The third-order valence-corrected chi connectivity index (χ3v) is 6.32. The fourth-order valence-corrected chi connectivity index (χ4v) is 4.69. The molecule has 0 spiro atoms. The van der Waals surface area contributed by atoms with Gasteiger partial charge in [-0.1, -0.05) is 31.4 Å². The summed E-state index contributed by atoms with van der Waals surface area (Å²) >= 11 is 1.66. The van der Waals surface area contributed by atoms with E-state index < -0.39 is 0 Å². The molecule has 0 unspecified atom stereocenters. The van der Waals surface area contributed by atoms with Crippen LogP contribution in [0.4, 0.5) is 5.13 Å². The van der Waals surface area contributed by atoms with Crippen LogP contribution in [0.2, 0.25) is 0 Å². The summed E-state index contributed by atoms with van der Waals surface area (Å²) in [7, 11) is 0. The van der Waals surface area contributed by atoms with E-state index in [1.807, 2.05) is 28.6 Å². The van der Waals surface area contributed by atoms with E-state index in [-0.39, 0.29) is 5.91 Å². The number of thiazole rings is 1. The zero-order chi connectivity index (χ0) is 17.1. The molecule has 0 N–H and O–H groups in total. The summed E-state index contributed by atoms with van der Waals surface area (Å²) in [5, 5.41) is 3.06. The molecular weight excluding hydrogens is 330 g/mol. The molecule has 4 nitrogen and oxygen atoms in total. The molecule has 25 heavy (non-hydrogen) atoms. The van der Waals surface area contributed by atoms with E-state index in [2.05, 4.69) is 22.0 Å². The molecule has 2 fully saturated rings. The predicted molar refractivity (Wildman–Crippen MR) is 102 cm³/mol. The normalized spacial score (nSPS) is 19.2. The molecule has 132 valence electrons. The molecule has 4 rings (SSSR count).